The van der Waals surface area contributed by atoms with Crippen LogP contribution in [-0.2, 0) is 0 Å². The molecule has 1 heterocycles. The van der Waals surface area contributed by atoms with E-state index in [2.05, 4.69) is 24.1 Å². The Hall–Kier alpha value is -3.90. The van der Waals surface area contributed by atoms with Gasteiger partial charge in [0.1, 0.15) is 0 Å². The highest BCUT2D eigenvalue weighted by Crippen LogP contribution is 2.36. The summed E-state index contributed by atoms with van der Waals surface area (Å²) in [7, 11) is 0. The summed E-state index contributed by atoms with van der Waals surface area (Å²) >= 11 is 0. The van der Waals surface area contributed by atoms with E-state index in [1.165, 1.54) is 0 Å². The lowest BCUT2D eigenvalue weighted by molar-refractivity contribution is 0.0734. The van der Waals surface area contributed by atoms with Crippen LogP contribution in [0.5, 0.6) is 5.75 Å². The second-order valence-electron chi connectivity index (χ2n) is 8.61. The Kier molecular flexibility index (Phi) is 8.53. The van der Waals surface area contributed by atoms with Gasteiger partial charge in [-0.1, -0.05) is 62.4 Å². The van der Waals surface area contributed by atoms with Crippen molar-refractivity contribution in [2.24, 2.45) is 0 Å². The van der Waals surface area contributed by atoms with Crippen molar-refractivity contribution in [1.29, 1.82) is 0 Å². The zero-order chi connectivity index (χ0) is 25.3. The predicted octanol–water partition coefficient (Wildman–Crippen LogP) is 5.70. The van der Waals surface area contributed by atoms with Crippen LogP contribution in [0.3, 0.4) is 0 Å². The van der Waals surface area contributed by atoms with Gasteiger partial charge in [-0.3, -0.25) is 4.79 Å². The second-order valence-corrected chi connectivity index (χ2v) is 8.61. The first-order valence-corrected chi connectivity index (χ1v) is 12.6. The maximum Gasteiger partial charge on any atom is 0.343 e. The molecule has 1 N–H and O–H groups in total. The highest BCUT2D eigenvalue weighted by atomic mass is 16.5. The van der Waals surface area contributed by atoms with Gasteiger partial charge in [0.25, 0.3) is 5.91 Å². The molecule has 0 unspecified atom stereocenters. The van der Waals surface area contributed by atoms with Crippen LogP contribution in [-0.4, -0.2) is 47.5 Å². The van der Waals surface area contributed by atoms with Gasteiger partial charge < -0.3 is 19.5 Å². The first kappa shape index (κ1) is 25.2. The lowest BCUT2D eigenvalue weighted by Crippen LogP contribution is -2.29. The van der Waals surface area contributed by atoms with E-state index in [-0.39, 0.29) is 11.7 Å². The monoisotopic (exact) mass is 483 g/mol. The van der Waals surface area contributed by atoms with Crippen molar-refractivity contribution in [2.45, 2.75) is 26.7 Å². The average molecular weight is 484 g/mol. The van der Waals surface area contributed by atoms with E-state index < -0.39 is 5.97 Å². The lowest BCUT2D eigenvalue weighted by Gasteiger charge is -2.17. The van der Waals surface area contributed by atoms with Crippen LogP contribution in [0.1, 0.15) is 47.5 Å². The fraction of sp³-hybridized carbons (Fsp3) is 0.267. The number of esters is 1. The van der Waals surface area contributed by atoms with E-state index in [9.17, 15) is 9.59 Å². The molecule has 0 atom stereocenters. The van der Waals surface area contributed by atoms with E-state index in [0.29, 0.717) is 23.2 Å². The third-order valence-corrected chi connectivity index (χ3v) is 6.34. The number of rotatable bonds is 11. The van der Waals surface area contributed by atoms with Crippen molar-refractivity contribution in [1.82, 2.24) is 14.8 Å². The predicted molar refractivity (Wildman–Crippen MR) is 144 cm³/mol. The van der Waals surface area contributed by atoms with Gasteiger partial charge >= 0.3 is 5.97 Å². The fourth-order valence-corrected chi connectivity index (χ4v) is 4.38. The van der Waals surface area contributed by atoms with Gasteiger partial charge in [0.2, 0.25) is 0 Å². The van der Waals surface area contributed by atoms with Gasteiger partial charge in [-0.25, -0.2) is 4.79 Å². The Morgan fingerprint density at radius 2 is 1.47 bits per heavy atom. The van der Waals surface area contributed by atoms with Gasteiger partial charge in [0.05, 0.1) is 11.1 Å². The lowest BCUT2D eigenvalue weighted by atomic mass is 10.2. The summed E-state index contributed by atoms with van der Waals surface area (Å²) in [6.45, 7) is 7.92. The Morgan fingerprint density at radius 1 is 0.833 bits per heavy atom. The van der Waals surface area contributed by atoms with E-state index in [1.807, 2.05) is 65.2 Å². The molecule has 4 rings (SSSR count). The molecular formula is C30H33N3O3. The summed E-state index contributed by atoms with van der Waals surface area (Å²) in [6, 6.07) is 26.1. The maximum absolute atomic E-state index is 13.6. The number of carbonyl (C=O) groups is 2. The molecule has 186 valence electrons. The number of ether oxygens (including phenoxy) is 1. The van der Waals surface area contributed by atoms with Crippen molar-refractivity contribution in [3.8, 4) is 11.4 Å². The quantitative estimate of drug-likeness (QED) is 0.220. The van der Waals surface area contributed by atoms with Crippen molar-refractivity contribution < 1.29 is 14.3 Å². The summed E-state index contributed by atoms with van der Waals surface area (Å²) in [5.74, 6) is -0.502. The van der Waals surface area contributed by atoms with Crippen LogP contribution >= 0.6 is 0 Å². The van der Waals surface area contributed by atoms with Gasteiger partial charge in [-0.05, 0) is 68.9 Å². The molecular weight excluding hydrogens is 450 g/mol. The minimum absolute atomic E-state index is 0.268. The number of unbranched alkanes of at least 4 members (excludes halogenated alkanes) is 1. The van der Waals surface area contributed by atoms with Crippen LogP contribution in [0.25, 0.3) is 16.6 Å². The molecule has 0 saturated heterocycles. The molecule has 1 amide bonds. The standard InChI is InChI=1S/C30H33N3O3/c1-3-32(4-2)22-14-13-21-31-29(34)27-28(36-30(35)23-15-7-5-8-16-23)25-19-11-12-20-26(25)33(27)24-17-9-6-10-18-24/h5-12,15-20H,3-4,13-14,21-22H2,1-2H3,(H,31,34). The molecule has 36 heavy (non-hydrogen) atoms. The Labute approximate surface area is 212 Å². The Bertz CT molecular complexity index is 1300. The van der Waals surface area contributed by atoms with Gasteiger partial charge in [-0.2, -0.15) is 0 Å². The molecule has 0 aliphatic heterocycles. The van der Waals surface area contributed by atoms with Crippen molar-refractivity contribution in [3.05, 3.63) is 96.2 Å². The van der Waals surface area contributed by atoms with Crippen molar-refractivity contribution in [3.63, 3.8) is 0 Å². The number of nitrogens with one attached hydrogen (secondary N) is 1. The molecule has 3 aromatic carbocycles. The molecule has 0 fully saturated rings. The van der Waals surface area contributed by atoms with E-state index >= 15 is 0 Å². The zero-order valence-corrected chi connectivity index (χ0v) is 20.9. The van der Waals surface area contributed by atoms with Gasteiger partial charge in [-0.15, -0.1) is 0 Å². The molecule has 6 heteroatoms. The SMILES string of the molecule is CCN(CC)CCCCNC(=O)c1c(OC(=O)c2ccccc2)c2ccccc2n1-c1ccccc1. The average Bonchev–Trinajstić information content (AvgIpc) is 3.25. The highest BCUT2D eigenvalue weighted by Gasteiger charge is 2.27. The number of hydrogen-bond donors (Lipinski definition) is 1. The number of benzene rings is 3. The third-order valence-electron chi connectivity index (χ3n) is 6.34. The molecule has 0 radical (unpaired) electrons. The number of aromatic nitrogens is 1. The summed E-state index contributed by atoms with van der Waals surface area (Å²) in [6.07, 6.45) is 1.87. The van der Waals surface area contributed by atoms with Gasteiger partial charge in [0, 0.05) is 17.6 Å². The zero-order valence-electron chi connectivity index (χ0n) is 20.9. The summed E-state index contributed by atoms with van der Waals surface area (Å²) in [4.78, 5) is 29.0. The summed E-state index contributed by atoms with van der Waals surface area (Å²) in [5, 5.41) is 3.77. The van der Waals surface area contributed by atoms with Crippen LogP contribution in [0.4, 0.5) is 0 Å². The van der Waals surface area contributed by atoms with Crippen LogP contribution in [0, 0.1) is 0 Å². The number of para-hydroxylation sites is 2. The smallest absolute Gasteiger partial charge is 0.343 e. The second kappa shape index (κ2) is 12.2. The summed E-state index contributed by atoms with van der Waals surface area (Å²) in [5.41, 5.74) is 2.36. The minimum Gasteiger partial charge on any atom is -0.420 e. The molecule has 0 saturated carbocycles. The normalized spacial score (nSPS) is 11.1. The van der Waals surface area contributed by atoms with E-state index in [0.717, 1.165) is 43.7 Å². The van der Waals surface area contributed by atoms with Crippen molar-refractivity contribution in [2.75, 3.05) is 26.2 Å². The number of amides is 1. The van der Waals surface area contributed by atoms with Gasteiger partial charge in [0.15, 0.2) is 11.4 Å². The molecule has 0 spiro atoms. The van der Waals surface area contributed by atoms with Crippen LogP contribution < -0.4 is 10.1 Å². The molecule has 4 aromatic rings. The third kappa shape index (κ3) is 5.66. The molecule has 6 nitrogen and oxygen atoms in total. The fourth-order valence-electron chi connectivity index (χ4n) is 4.38. The first-order valence-electron chi connectivity index (χ1n) is 12.6. The molecule has 1 aromatic heterocycles. The van der Waals surface area contributed by atoms with E-state index in [4.69, 9.17) is 4.74 Å². The number of nitrogens with zero attached hydrogens (tertiary/aromatic N) is 2. The number of hydrogen-bond acceptors (Lipinski definition) is 4. The Morgan fingerprint density at radius 3 is 2.17 bits per heavy atom. The van der Waals surface area contributed by atoms with Crippen LogP contribution in [0.2, 0.25) is 0 Å². The van der Waals surface area contributed by atoms with E-state index in [1.54, 1.807) is 24.3 Å². The Balaban J connectivity index is 1.68. The highest BCUT2D eigenvalue weighted by molar-refractivity contribution is 6.07. The number of fused-ring (bicyclic) bond motifs is 1. The first-order chi connectivity index (χ1) is 17.6. The van der Waals surface area contributed by atoms with Crippen molar-refractivity contribution >= 4 is 22.8 Å². The van der Waals surface area contributed by atoms with Crippen LogP contribution in [0.15, 0.2) is 84.9 Å². The molecule has 0 bridgehead atoms. The molecule has 0 aliphatic carbocycles. The minimum atomic E-state index is -0.500. The summed E-state index contributed by atoms with van der Waals surface area (Å²) < 4.78 is 7.80. The maximum atomic E-state index is 13.6. The number of carbonyl (C=O) groups excluding carboxylic acids is 2. The topological polar surface area (TPSA) is 63.6 Å². The largest absolute Gasteiger partial charge is 0.420 e. The molecule has 0 aliphatic rings.